The maximum absolute atomic E-state index is 9.44. The van der Waals surface area contributed by atoms with Gasteiger partial charge in [-0.15, -0.1) is 0 Å². The van der Waals surface area contributed by atoms with Crippen LogP contribution in [0.4, 0.5) is 11.4 Å². The van der Waals surface area contributed by atoms with Gasteiger partial charge in [0.25, 0.3) is 0 Å². The number of benzene rings is 2. The standard InChI is InChI=1S/C28H28N6.C25H22N6.C3H6O.2CH4/c1-19(2)33-10-12-34(13-11-33)23-7-5-20(6-8-23)22-14-25-24-15-26(21-4-3-9-29-16-21)30-18-27(24)32-28(25)31-17-22;1-2-18(14-27-7-1)23-13-21-22-12-19(15-29-25(22)30-24(21)16-28-23)17-3-5-20(6-4-17)31-10-8-26-9-11-31;1-3(2)4;;/h3-9,14-19H,10-13H2,1-2H3,(H,31,32);1-7,12-16,26H,8-11H2,(H,29,30);1-2H3;2*1H4. The van der Waals surface area contributed by atoms with Crippen molar-refractivity contribution in [1.82, 2.24) is 50.1 Å². The van der Waals surface area contributed by atoms with Crippen LogP contribution in [-0.2, 0) is 4.79 Å². The predicted molar refractivity (Wildman–Crippen MR) is 294 cm³/mol. The summed E-state index contributed by atoms with van der Waals surface area (Å²) in [4.78, 5) is 50.8. The average Bonchev–Trinajstić information content (AvgIpc) is 3.96. The third-order valence-corrected chi connectivity index (χ3v) is 12.9. The number of aromatic amines is 2. The highest BCUT2D eigenvalue weighted by atomic mass is 16.1. The summed E-state index contributed by atoms with van der Waals surface area (Å²) in [5.74, 6) is 0.167. The van der Waals surface area contributed by atoms with Crippen LogP contribution in [0, 0.1) is 0 Å². The van der Waals surface area contributed by atoms with Crippen LogP contribution in [0.25, 0.3) is 88.6 Å². The molecule has 3 N–H and O–H groups in total. The van der Waals surface area contributed by atoms with Gasteiger partial charge in [-0.2, -0.15) is 0 Å². The molecule has 13 heteroatoms. The lowest BCUT2D eigenvalue weighted by Gasteiger charge is -2.38. The van der Waals surface area contributed by atoms with E-state index in [4.69, 9.17) is 9.97 Å². The Labute approximate surface area is 416 Å². The number of hydrogen-bond donors (Lipinski definition) is 3. The van der Waals surface area contributed by atoms with Gasteiger partial charge in [0.15, 0.2) is 0 Å². The van der Waals surface area contributed by atoms with E-state index in [-0.39, 0.29) is 20.6 Å². The molecule has 8 aromatic heterocycles. The van der Waals surface area contributed by atoms with Crippen molar-refractivity contribution in [2.45, 2.75) is 48.6 Å². The maximum atomic E-state index is 9.44. The Bertz CT molecular complexity index is 3330. The second kappa shape index (κ2) is 22.3. The Morgan fingerprint density at radius 2 is 0.930 bits per heavy atom. The molecule has 13 nitrogen and oxygen atoms in total. The van der Waals surface area contributed by atoms with E-state index in [0.29, 0.717) is 6.04 Å². The second-order valence-electron chi connectivity index (χ2n) is 18.1. The fourth-order valence-electron chi connectivity index (χ4n) is 9.16. The van der Waals surface area contributed by atoms with Gasteiger partial charge < -0.3 is 29.9 Å². The number of aromatic nitrogens is 8. The largest absolute Gasteiger partial charge is 0.369 e. The van der Waals surface area contributed by atoms with Crippen LogP contribution in [0.2, 0.25) is 0 Å². The number of nitrogens with one attached hydrogen (secondary N) is 3. The fourth-order valence-corrected chi connectivity index (χ4v) is 9.16. The normalized spacial score (nSPS) is 13.8. The number of hydrogen-bond acceptors (Lipinski definition) is 11. The minimum Gasteiger partial charge on any atom is -0.369 e. The maximum Gasteiger partial charge on any atom is 0.138 e. The van der Waals surface area contributed by atoms with Crippen LogP contribution in [0.3, 0.4) is 0 Å². The summed E-state index contributed by atoms with van der Waals surface area (Å²) >= 11 is 0. The molecule has 2 fully saturated rings. The number of H-pyrrole nitrogens is 2. The van der Waals surface area contributed by atoms with E-state index in [1.165, 1.54) is 36.3 Å². The molecule has 2 aliphatic rings. The van der Waals surface area contributed by atoms with Crippen LogP contribution in [0.1, 0.15) is 42.5 Å². The van der Waals surface area contributed by atoms with E-state index in [0.717, 1.165) is 130 Å². The molecule has 2 aliphatic heterocycles. The smallest absolute Gasteiger partial charge is 0.138 e. The number of anilines is 2. The first kappa shape index (κ1) is 49.5. The van der Waals surface area contributed by atoms with E-state index in [1.54, 1.807) is 12.4 Å². The van der Waals surface area contributed by atoms with Crippen molar-refractivity contribution in [3.05, 3.63) is 147 Å². The minimum atomic E-state index is 0. The van der Waals surface area contributed by atoms with E-state index >= 15 is 0 Å². The van der Waals surface area contributed by atoms with Gasteiger partial charge in [0.2, 0.25) is 0 Å². The zero-order valence-corrected chi connectivity index (χ0v) is 39.5. The summed E-state index contributed by atoms with van der Waals surface area (Å²) < 4.78 is 0. The quantitative estimate of drug-likeness (QED) is 0.140. The van der Waals surface area contributed by atoms with Gasteiger partial charge in [-0.05, 0) is 112 Å². The van der Waals surface area contributed by atoms with Crippen LogP contribution in [0.5, 0.6) is 0 Å². The molecular formula is C58H64N12O. The molecule has 2 aromatic carbocycles. The molecule has 12 rings (SSSR count). The number of pyridine rings is 6. The lowest BCUT2D eigenvalue weighted by molar-refractivity contribution is -0.115. The van der Waals surface area contributed by atoms with Crippen molar-refractivity contribution in [2.24, 2.45) is 0 Å². The van der Waals surface area contributed by atoms with Crippen molar-refractivity contribution in [2.75, 3.05) is 62.2 Å². The third-order valence-electron chi connectivity index (χ3n) is 12.9. The number of nitrogens with zero attached hydrogens (tertiary/aromatic N) is 9. The summed E-state index contributed by atoms with van der Waals surface area (Å²) in [5, 5.41) is 7.86. The molecule has 0 amide bonds. The number of fused-ring (bicyclic) bond motifs is 6. The van der Waals surface area contributed by atoms with Gasteiger partial charge in [0.05, 0.1) is 34.8 Å². The van der Waals surface area contributed by atoms with Gasteiger partial charge >= 0.3 is 0 Å². The molecule has 0 spiro atoms. The molecule has 0 radical (unpaired) electrons. The minimum absolute atomic E-state index is 0. The predicted octanol–water partition coefficient (Wildman–Crippen LogP) is 11.5. The van der Waals surface area contributed by atoms with Gasteiger partial charge in [-0.3, -0.25) is 24.8 Å². The zero-order chi connectivity index (χ0) is 47.3. The highest BCUT2D eigenvalue weighted by molar-refractivity contribution is 6.08. The highest BCUT2D eigenvalue weighted by Gasteiger charge is 2.19. The van der Waals surface area contributed by atoms with E-state index in [2.05, 4.69) is 137 Å². The SMILES string of the molecule is C.C.CC(C)=O.CC(C)N1CCN(c2ccc(-c3cnc4[nH]c5cnc(-c6cccnc6)cc5c4c3)cc2)CC1.c1cncc(-c2cc3c(cn2)[nH]c2ncc(-c4ccc(N5CCNCC5)cc4)cc23)c1. The fraction of sp³-hybridized carbons (Fsp3) is 0.259. The molecule has 10 heterocycles. The number of carbonyl (C=O) groups is 1. The third kappa shape index (κ3) is 11.1. The van der Waals surface area contributed by atoms with E-state index in [1.807, 2.05) is 61.4 Å². The number of Topliss-reactive ketones (excluding diaryl/α,β-unsaturated/α-hetero) is 1. The van der Waals surface area contributed by atoms with Crippen LogP contribution >= 0.6 is 0 Å². The Hall–Kier alpha value is -7.87. The Kier molecular flexibility index (Phi) is 15.5. The Morgan fingerprint density at radius 3 is 1.34 bits per heavy atom. The van der Waals surface area contributed by atoms with Crippen molar-refractivity contribution >= 4 is 61.0 Å². The van der Waals surface area contributed by atoms with Crippen LogP contribution < -0.4 is 15.1 Å². The summed E-state index contributed by atoms with van der Waals surface area (Å²) in [6.07, 6.45) is 14.9. The first-order valence-corrected chi connectivity index (χ1v) is 23.7. The summed E-state index contributed by atoms with van der Waals surface area (Å²) in [5.41, 5.74) is 14.7. The highest BCUT2D eigenvalue weighted by Crippen LogP contribution is 2.33. The monoisotopic (exact) mass is 945 g/mol. The molecule has 0 saturated carbocycles. The number of rotatable bonds is 7. The van der Waals surface area contributed by atoms with Gasteiger partial charge in [0, 0.05) is 151 Å². The molecule has 0 atom stereocenters. The number of piperazine rings is 2. The second-order valence-corrected chi connectivity index (χ2v) is 18.1. The van der Waals surface area contributed by atoms with Crippen LogP contribution in [0.15, 0.2) is 147 Å². The first-order valence-electron chi connectivity index (χ1n) is 23.7. The summed E-state index contributed by atoms with van der Waals surface area (Å²) in [6, 6.07) is 34.9. The molecule has 362 valence electrons. The number of ketones is 1. The van der Waals surface area contributed by atoms with Gasteiger partial charge in [0.1, 0.15) is 17.1 Å². The van der Waals surface area contributed by atoms with Crippen molar-refractivity contribution in [3.63, 3.8) is 0 Å². The van der Waals surface area contributed by atoms with Crippen molar-refractivity contribution < 1.29 is 4.79 Å². The topological polar surface area (TPSA) is 148 Å². The van der Waals surface area contributed by atoms with Crippen LogP contribution in [-0.4, -0.2) is 109 Å². The Morgan fingerprint density at radius 1 is 0.493 bits per heavy atom. The van der Waals surface area contributed by atoms with Crippen molar-refractivity contribution in [1.29, 1.82) is 0 Å². The van der Waals surface area contributed by atoms with Crippen molar-refractivity contribution in [3.8, 4) is 44.8 Å². The molecule has 0 bridgehead atoms. The lowest BCUT2D eigenvalue weighted by atomic mass is 10.0. The lowest BCUT2D eigenvalue weighted by Crippen LogP contribution is -2.48. The molecule has 0 unspecified atom stereocenters. The average molecular weight is 945 g/mol. The number of carbonyl (C=O) groups excluding carboxylic acids is 1. The van der Waals surface area contributed by atoms with Gasteiger partial charge in [-0.1, -0.05) is 39.1 Å². The molecule has 10 aromatic rings. The Balaban J connectivity index is 0.000000173. The van der Waals surface area contributed by atoms with E-state index < -0.39 is 0 Å². The molecule has 71 heavy (non-hydrogen) atoms. The first-order chi connectivity index (χ1) is 33.7. The summed E-state index contributed by atoms with van der Waals surface area (Å²) in [7, 11) is 0. The molecule has 0 aliphatic carbocycles. The zero-order valence-electron chi connectivity index (χ0n) is 39.5. The van der Waals surface area contributed by atoms with E-state index in [9.17, 15) is 4.79 Å². The summed E-state index contributed by atoms with van der Waals surface area (Å²) in [6.45, 7) is 16.2. The molecular weight excluding hydrogens is 881 g/mol. The van der Waals surface area contributed by atoms with Gasteiger partial charge in [-0.25, -0.2) is 9.97 Å². The molecule has 2 saturated heterocycles.